The third kappa shape index (κ3) is 5.97. The van der Waals surface area contributed by atoms with Gasteiger partial charge < -0.3 is 15.0 Å². The Kier molecular flexibility index (Phi) is 7.03. The average Bonchev–Trinajstić information content (AvgIpc) is 3.31. The van der Waals surface area contributed by atoms with E-state index in [-0.39, 0.29) is 17.7 Å². The van der Waals surface area contributed by atoms with Crippen LogP contribution in [0.25, 0.3) is 6.08 Å². The first kappa shape index (κ1) is 21.2. The molecule has 5 heteroatoms. The zero-order valence-corrected chi connectivity index (χ0v) is 17.8. The summed E-state index contributed by atoms with van der Waals surface area (Å²) < 4.78 is 6.04. The van der Waals surface area contributed by atoms with Gasteiger partial charge in [0.1, 0.15) is 5.75 Å². The fourth-order valence-electron chi connectivity index (χ4n) is 4.29. The minimum absolute atomic E-state index is 0.000487. The number of anilines is 1. The van der Waals surface area contributed by atoms with Gasteiger partial charge in [-0.05, 0) is 62.3 Å². The second-order valence-corrected chi connectivity index (χ2v) is 8.38. The molecule has 2 amide bonds. The van der Waals surface area contributed by atoms with E-state index in [1.807, 2.05) is 65.6 Å². The highest BCUT2D eigenvalue weighted by atomic mass is 16.5. The Balaban J connectivity index is 1.25. The van der Waals surface area contributed by atoms with Gasteiger partial charge in [-0.25, -0.2) is 0 Å². The van der Waals surface area contributed by atoms with Crippen LogP contribution in [-0.4, -0.2) is 35.9 Å². The molecule has 162 valence electrons. The third-order valence-electron chi connectivity index (χ3n) is 6.10. The summed E-state index contributed by atoms with van der Waals surface area (Å²) in [6.45, 7) is 1.20. The molecule has 1 saturated carbocycles. The van der Waals surface area contributed by atoms with Crippen LogP contribution in [0.2, 0.25) is 0 Å². The zero-order chi connectivity index (χ0) is 21.5. The molecule has 0 spiro atoms. The monoisotopic (exact) mass is 418 g/mol. The normalized spacial score (nSPS) is 17.7. The maximum Gasteiger partial charge on any atom is 0.246 e. The largest absolute Gasteiger partial charge is 0.490 e. The van der Waals surface area contributed by atoms with E-state index >= 15 is 0 Å². The Hall–Kier alpha value is -3.08. The molecule has 1 aliphatic heterocycles. The standard InChI is InChI=1S/C26H30N2O3/c29-25(14-13-20-7-2-1-3-8-20)28-17-15-21(16-18-28)26(30)27-22-9-6-12-24(19-22)31-23-10-4-5-11-23/h1-3,6-9,12-14,19,21,23H,4-5,10-11,15-18H2,(H,27,30)/b14-13+. The van der Waals surface area contributed by atoms with Crippen LogP contribution in [-0.2, 0) is 9.59 Å². The first-order valence-electron chi connectivity index (χ1n) is 11.3. The summed E-state index contributed by atoms with van der Waals surface area (Å²) in [7, 11) is 0. The molecule has 0 unspecified atom stereocenters. The Morgan fingerprint density at radius 3 is 2.42 bits per heavy atom. The molecular weight excluding hydrogens is 388 g/mol. The second-order valence-electron chi connectivity index (χ2n) is 8.38. The van der Waals surface area contributed by atoms with E-state index in [2.05, 4.69) is 5.32 Å². The van der Waals surface area contributed by atoms with E-state index in [0.29, 0.717) is 32.0 Å². The van der Waals surface area contributed by atoms with Crippen molar-refractivity contribution in [2.45, 2.75) is 44.6 Å². The van der Waals surface area contributed by atoms with Crippen LogP contribution in [0.3, 0.4) is 0 Å². The van der Waals surface area contributed by atoms with E-state index in [9.17, 15) is 9.59 Å². The molecule has 0 bridgehead atoms. The zero-order valence-electron chi connectivity index (χ0n) is 17.8. The summed E-state index contributed by atoms with van der Waals surface area (Å²) in [5.41, 5.74) is 1.77. The highest BCUT2D eigenvalue weighted by molar-refractivity contribution is 5.94. The highest BCUT2D eigenvalue weighted by Gasteiger charge is 2.26. The van der Waals surface area contributed by atoms with Crippen LogP contribution in [0.1, 0.15) is 44.1 Å². The van der Waals surface area contributed by atoms with E-state index in [1.165, 1.54) is 12.8 Å². The lowest BCUT2D eigenvalue weighted by atomic mass is 9.95. The van der Waals surface area contributed by atoms with Crippen molar-refractivity contribution in [1.82, 2.24) is 4.90 Å². The van der Waals surface area contributed by atoms with Crippen molar-refractivity contribution in [2.24, 2.45) is 5.92 Å². The Labute approximate surface area is 184 Å². The molecule has 4 rings (SSSR count). The number of ether oxygens (including phenoxy) is 1. The van der Waals surface area contributed by atoms with Gasteiger partial charge in [0.25, 0.3) is 0 Å². The molecular formula is C26H30N2O3. The molecule has 1 heterocycles. The lowest BCUT2D eigenvalue weighted by molar-refractivity contribution is -0.130. The minimum atomic E-state index is -0.0819. The fraction of sp³-hybridized carbons (Fsp3) is 0.385. The summed E-state index contributed by atoms with van der Waals surface area (Å²) in [6, 6.07) is 17.4. The molecule has 2 fully saturated rings. The average molecular weight is 419 g/mol. The van der Waals surface area contributed by atoms with Crippen LogP contribution >= 0.6 is 0 Å². The van der Waals surface area contributed by atoms with Crippen molar-refractivity contribution in [3.05, 3.63) is 66.2 Å². The van der Waals surface area contributed by atoms with Gasteiger partial charge in [-0.2, -0.15) is 0 Å². The van der Waals surface area contributed by atoms with E-state index < -0.39 is 0 Å². The van der Waals surface area contributed by atoms with Gasteiger partial charge in [-0.15, -0.1) is 0 Å². The topological polar surface area (TPSA) is 58.6 Å². The number of carbonyl (C=O) groups excluding carboxylic acids is 2. The lowest BCUT2D eigenvalue weighted by Crippen LogP contribution is -2.40. The first-order chi connectivity index (χ1) is 15.2. The molecule has 0 radical (unpaired) electrons. The molecule has 0 aromatic heterocycles. The van der Waals surface area contributed by atoms with Gasteiger partial charge in [-0.3, -0.25) is 9.59 Å². The molecule has 5 nitrogen and oxygen atoms in total. The number of nitrogens with zero attached hydrogens (tertiary/aromatic N) is 1. The van der Waals surface area contributed by atoms with Crippen molar-refractivity contribution >= 4 is 23.6 Å². The van der Waals surface area contributed by atoms with Gasteiger partial charge in [-0.1, -0.05) is 36.4 Å². The number of hydrogen-bond acceptors (Lipinski definition) is 3. The molecule has 31 heavy (non-hydrogen) atoms. The first-order valence-corrected chi connectivity index (χ1v) is 11.3. The second kappa shape index (κ2) is 10.3. The van der Waals surface area contributed by atoms with Crippen LogP contribution < -0.4 is 10.1 Å². The quantitative estimate of drug-likeness (QED) is 0.679. The van der Waals surface area contributed by atoms with E-state index in [1.54, 1.807) is 6.08 Å². The number of rotatable bonds is 6. The van der Waals surface area contributed by atoms with Crippen LogP contribution in [0.15, 0.2) is 60.7 Å². The van der Waals surface area contributed by atoms with Crippen LogP contribution in [0.4, 0.5) is 5.69 Å². The van der Waals surface area contributed by atoms with Gasteiger partial charge >= 0.3 is 0 Å². The van der Waals surface area contributed by atoms with Gasteiger partial charge in [0.15, 0.2) is 0 Å². The third-order valence-corrected chi connectivity index (χ3v) is 6.10. The van der Waals surface area contributed by atoms with E-state index in [4.69, 9.17) is 4.74 Å². The Bertz CT molecular complexity index is 911. The molecule has 1 N–H and O–H groups in total. The molecule has 1 aliphatic carbocycles. The smallest absolute Gasteiger partial charge is 0.246 e. The van der Waals surface area contributed by atoms with Crippen molar-refractivity contribution in [1.29, 1.82) is 0 Å². The number of carbonyl (C=O) groups is 2. The van der Waals surface area contributed by atoms with Gasteiger partial charge in [0.2, 0.25) is 11.8 Å². The number of amides is 2. The molecule has 1 saturated heterocycles. The molecule has 2 aliphatic rings. The SMILES string of the molecule is O=C(Nc1cccc(OC2CCCC2)c1)C1CCN(C(=O)/C=C/c2ccccc2)CC1. The Morgan fingerprint density at radius 2 is 1.68 bits per heavy atom. The molecule has 2 aromatic carbocycles. The minimum Gasteiger partial charge on any atom is -0.490 e. The number of nitrogens with one attached hydrogen (secondary N) is 1. The summed E-state index contributed by atoms with van der Waals surface area (Å²) in [5, 5.41) is 3.03. The van der Waals surface area contributed by atoms with Crippen LogP contribution in [0, 0.1) is 5.92 Å². The molecule has 0 atom stereocenters. The van der Waals surface area contributed by atoms with Crippen molar-refractivity contribution < 1.29 is 14.3 Å². The Morgan fingerprint density at radius 1 is 0.935 bits per heavy atom. The lowest BCUT2D eigenvalue weighted by Gasteiger charge is -2.30. The van der Waals surface area contributed by atoms with Gasteiger partial charge in [0, 0.05) is 36.8 Å². The number of benzene rings is 2. The fourth-order valence-corrected chi connectivity index (χ4v) is 4.29. The van der Waals surface area contributed by atoms with Crippen LogP contribution in [0.5, 0.6) is 5.75 Å². The summed E-state index contributed by atoms with van der Waals surface area (Å²) in [6.07, 6.45) is 9.76. The number of hydrogen-bond donors (Lipinski definition) is 1. The summed E-state index contributed by atoms with van der Waals surface area (Å²) >= 11 is 0. The highest BCUT2D eigenvalue weighted by Crippen LogP contribution is 2.26. The van der Waals surface area contributed by atoms with Crippen molar-refractivity contribution in [3.8, 4) is 5.75 Å². The number of piperidine rings is 1. The summed E-state index contributed by atoms with van der Waals surface area (Å²) in [4.78, 5) is 27.0. The predicted molar refractivity (Wildman–Crippen MR) is 123 cm³/mol. The van der Waals surface area contributed by atoms with E-state index in [0.717, 1.165) is 29.8 Å². The maximum atomic E-state index is 12.7. The number of likely N-dealkylation sites (tertiary alicyclic amines) is 1. The summed E-state index contributed by atoms with van der Waals surface area (Å²) in [5.74, 6) is 0.751. The predicted octanol–water partition coefficient (Wildman–Crippen LogP) is 4.90. The molecule has 2 aromatic rings. The van der Waals surface area contributed by atoms with Gasteiger partial charge in [0.05, 0.1) is 6.10 Å². The van der Waals surface area contributed by atoms with Crippen molar-refractivity contribution in [3.63, 3.8) is 0 Å². The van der Waals surface area contributed by atoms with Crippen molar-refractivity contribution in [2.75, 3.05) is 18.4 Å². The maximum absolute atomic E-state index is 12.7.